The van der Waals surface area contributed by atoms with Crippen molar-refractivity contribution < 1.29 is 34.1 Å². The number of aliphatic hydroxyl groups excluding tert-OH is 2. The van der Waals surface area contributed by atoms with Gasteiger partial charge in [-0.2, -0.15) is 0 Å². The second-order valence-corrected chi connectivity index (χ2v) is 7.70. The maximum absolute atomic E-state index is 12.8. The lowest BCUT2D eigenvalue weighted by Gasteiger charge is -2.39. The van der Waals surface area contributed by atoms with E-state index in [-0.39, 0.29) is 48.0 Å². The van der Waals surface area contributed by atoms with E-state index in [2.05, 4.69) is 0 Å². The molecule has 0 aliphatic carbocycles. The molecule has 0 bridgehead atoms. The van der Waals surface area contributed by atoms with Gasteiger partial charge in [0.2, 0.25) is 5.91 Å². The molecule has 0 saturated carbocycles. The molecule has 9 heteroatoms. The first-order chi connectivity index (χ1) is 14.3. The molecular weight excluding hydrogens is 394 g/mol. The van der Waals surface area contributed by atoms with Crippen molar-refractivity contribution in [3.05, 3.63) is 33.2 Å². The molecule has 3 rings (SSSR count). The number of phenols is 1. The molecule has 2 heterocycles. The minimum Gasteiger partial charge on any atom is -0.504 e. The Balaban J connectivity index is 1.94. The number of likely N-dealkylation sites (tertiary alicyclic amines) is 1. The van der Waals surface area contributed by atoms with Crippen molar-refractivity contribution >= 4 is 23.2 Å². The molecule has 162 valence electrons. The first kappa shape index (κ1) is 21.8. The molecule has 1 aliphatic heterocycles. The van der Waals surface area contributed by atoms with Gasteiger partial charge in [0.1, 0.15) is 5.56 Å². The summed E-state index contributed by atoms with van der Waals surface area (Å²) in [7, 11) is 1.34. The highest BCUT2D eigenvalue weighted by Crippen LogP contribution is 2.37. The minimum absolute atomic E-state index is 0.0548. The Morgan fingerprint density at radius 3 is 2.47 bits per heavy atom. The largest absolute Gasteiger partial charge is 0.504 e. The highest BCUT2D eigenvalue weighted by atomic mass is 16.5. The first-order valence-electron chi connectivity index (χ1n) is 9.61. The lowest BCUT2D eigenvalue weighted by molar-refractivity contribution is -0.134. The van der Waals surface area contributed by atoms with Crippen LogP contribution in [0.3, 0.4) is 0 Å². The average molecular weight is 419 g/mol. The molecule has 30 heavy (non-hydrogen) atoms. The summed E-state index contributed by atoms with van der Waals surface area (Å²) in [6.07, 6.45) is 1.14. The Labute approximate surface area is 172 Å². The van der Waals surface area contributed by atoms with Gasteiger partial charge in [0.25, 0.3) is 0 Å². The highest BCUT2D eigenvalue weighted by Gasteiger charge is 2.35. The zero-order valence-electron chi connectivity index (χ0n) is 16.9. The fourth-order valence-electron chi connectivity index (χ4n) is 3.84. The molecular formula is C21H25NO8. The Morgan fingerprint density at radius 1 is 1.30 bits per heavy atom. The number of hydrogen-bond donors (Lipinski definition) is 3. The maximum atomic E-state index is 12.8. The molecule has 0 radical (unpaired) electrons. The van der Waals surface area contributed by atoms with Crippen LogP contribution in [0.4, 0.5) is 0 Å². The van der Waals surface area contributed by atoms with E-state index in [4.69, 9.17) is 9.15 Å². The molecule has 1 aromatic carbocycles. The Kier molecular flexibility index (Phi) is 6.14. The molecule has 9 nitrogen and oxygen atoms in total. The molecule has 1 saturated heterocycles. The summed E-state index contributed by atoms with van der Waals surface area (Å²) in [4.78, 5) is 38.4. The normalized spacial score (nSPS) is 15.9. The summed E-state index contributed by atoms with van der Waals surface area (Å²) in [5.74, 6) is -0.634. The van der Waals surface area contributed by atoms with Crippen molar-refractivity contribution in [2.75, 3.05) is 33.4 Å². The summed E-state index contributed by atoms with van der Waals surface area (Å²) >= 11 is 0. The van der Waals surface area contributed by atoms with E-state index in [1.807, 2.05) is 0 Å². The van der Waals surface area contributed by atoms with E-state index in [1.165, 1.54) is 13.2 Å². The second-order valence-electron chi connectivity index (χ2n) is 7.70. The molecule has 1 fully saturated rings. The molecule has 3 N–H and O–H groups in total. The fourth-order valence-corrected chi connectivity index (χ4v) is 3.84. The lowest BCUT2D eigenvalue weighted by atomic mass is 9.80. The maximum Gasteiger partial charge on any atom is 0.340 e. The summed E-state index contributed by atoms with van der Waals surface area (Å²) in [5.41, 5.74) is -0.957. The summed E-state index contributed by atoms with van der Waals surface area (Å²) in [6.45, 7) is 2.09. The van der Waals surface area contributed by atoms with Crippen LogP contribution in [0.5, 0.6) is 11.5 Å². The number of aryl methyl sites for hydroxylation is 1. The number of fused-ring (bicyclic) bond motifs is 1. The number of aromatic hydroxyl groups is 1. The van der Waals surface area contributed by atoms with Crippen LogP contribution in [0.15, 0.2) is 15.3 Å². The van der Waals surface area contributed by atoms with Crippen LogP contribution in [0.25, 0.3) is 11.0 Å². The third-order valence-corrected chi connectivity index (χ3v) is 6.06. The zero-order chi connectivity index (χ0) is 22.1. The second kappa shape index (κ2) is 8.45. The van der Waals surface area contributed by atoms with Crippen LogP contribution in [0, 0.1) is 12.3 Å². The SMILES string of the molecule is COc1cc2c(C)c(CC(=O)N3CCC(CO)(CO)CC3)c(=O)oc2c(C=O)c1O. The van der Waals surface area contributed by atoms with Gasteiger partial charge in [0.05, 0.1) is 32.3 Å². The van der Waals surface area contributed by atoms with Crippen molar-refractivity contribution in [3.63, 3.8) is 0 Å². The number of carbonyl (C=O) groups excluding carboxylic acids is 2. The summed E-state index contributed by atoms with van der Waals surface area (Å²) in [6, 6.07) is 1.46. The van der Waals surface area contributed by atoms with E-state index in [0.717, 1.165) is 0 Å². The highest BCUT2D eigenvalue weighted by molar-refractivity contribution is 6.00. The standard InChI is InChI=1S/C21H25NO8/c1-12-13-7-16(29-2)18(27)15(9-23)19(13)30-20(28)14(12)8-17(26)22-5-3-21(10-24,11-25)4-6-22/h7,9,24-25,27H,3-6,8,10-11H2,1-2H3. The number of aliphatic hydroxyl groups is 2. The number of rotatable bonds is 6. The number of hydrogen-bond acceptors (Lipinski definition) is 8. The topological polar surface area (TPSA) is 138 Å². The molecule has 1 amide bonds. The number of aldehydes is 1. The van der Waals surface area contributed by atoms with Gasteiger partial charge in [0, 0.05) is 23.9 Å². The quantitative estimate of drug-likeness (QED) is 0.461. The van der Waals surface area contributed by atoms with Crippen LogP contribution >= 0.6 is 0 Å². The van der Waals surface area contributed by atoms with Crippen molar-refractivity contribution in [2.45, 2.75) is 26.2 Å². The van der Waals surface area contributed by atoms with Gasteiger partial charge < -0.3 is 29.4 Å². The molecule has 0 unspecified atom stereocenters. The van der Waals surface area contributed by atoms with E-state index >= 15 is 0 Å². The Morgan fingerprint density at radius 2 is 1.93 bits per heavy atom. The van der Waals surface area contributed by atoms with Gasteiger partial charge in [-0.25, -0.2) is 4.79 Å². The number of benzene rings is 1. The van der Waals surface area contributed by atoms with Crippen molar-refractivity contribution in [1.82, 2.24) is 4.90 Å². The summed E-state index contributed by atoms with van der Waals surface area (Å²) in [5, 5.41) is 29.5. The number of phenolic OH excluding ortho intramolecular Hbond substituents is 1. The molecule has 2 aromatic rings. The van der Waals surface area contributed by atoms with Gasteiger partial charge in [-0.1, -0.05) is 0 Å². The predicted octanol–water partition coefficient (Wildman–Crippen LogP) is 0.764. The number of nitrogens with zero attached hydrogens (tertiary/aromatic N) is 1. The van der Waals surface area contributed by atoms with Gasteiger partial charge in [-0.05, 0) is 31.4 Å². The van der Waals surface area contributed by atoms with E-state index in [9.17, 15) is 29.7 Å². The van der Waals surface area contributed by atoms with Crippen LogP contribution < -0.4 is 10.4 Å². The monoisotopic (exact) mass is 419 g/mol. The molecule has 1 aliphatic rings. The lowest BCUT2D eigenvalue weighted by Crippen LogP contribution is -2.47. The number of carbonyl (C=O) groups is 2. The van der Waals surface area contributed by atoms with Gasteiger partial charge in [0.15, 0.2) is 23.4 Å². The fraction of sp³-hybridized carbons (Fsp3) is 0.476. The number of methoxy groups -OCH3 is 1. The molecule has 1 aromatic heterocycles. The molecule has 0 spiro atoms. The van der Waals surface area contributed by atoms with Crippen LogP contribution in [-0.4, -0.2) is 65.8 Å². The van der Waals surface area contributed by atoms with Crippen molar-refractivity contribution in [3.8, 4) is 11.5 Å². The van der Waals surface area contributed by atoms with Crippen LogP contribution in [-0.2, 0) is 11.2 Å². The predicted molar refractivity (Wildman–Crippen MR) is 107 cm³/mol. The van der Waals surface area contributed by atoms with Crippen molar-refractivity contribution in [1.29, 1.82) is 0 Å². The van der Waals surface area contributed by atoms with Crippen LogP contribution in [0.2, 0.25) is 0 Å². The average Bonchev–Trinajstić information content (AvgIpc) is 2.76. The van der Waals surface area contributed by atoms with Gasteiger partial charge in [-0.15, -0.1) is 0 Å². The van der Waals surface area contributed by atoms with Gasteiger partial charge >= 0.3 is 5.63 Å². The Hall–Kier alpha value is -2.91. The van der Waals surface area contributed by atoms with Crippen molar-refractivity contribution in [2.24, 2.45) is 5.41 Å². The minimum atomic E-state index is -0.752. The van der Waals surface area contributed by atoms with Crippen LogP contribution in [0.1, 0.15) is 34.3 Å². The Bertz CT molecular complexity index is 1030. The first-order valence-corrected chi connectivity index (χ1v) is 9.61. The number of amides is 1. The van der Waals surface area contributed by atoms with E-state index < -0.39 is 16.8 Å². The van der Waals surface area contributed by atoms with Gasteiger partial charge in [-0.3, -0.25) is 9.59 Å². The smallest absolute Gasteiger partial charge is 0.340 e. The zero-order valence-corrected chi connectivity index (χ0v) is 16.9. The third-order valence-electron chi connectivity index (χ3n) is 6.06. The molecule has 0 atom stereocenters. The number of piperidine rings is 1. The summed E-state index contributed by atoms with van der Waals surface area (Å²) < 4.78 is 10.4. The third kappa shape index (κ3) is 3.66. The van der Waals surface area contributed by atoms with E-state index in [1.54, 1.807) is 11.8 Å². The number of ether oxygens (including phenoxy) is 1. The van der Waals surface area contributed by atoms with E-state index in [0.29, 0.717) is 43.2 Å².